The zero-order valence-corrected chi connectivity index (χ0v) is 14.4. The maximum absolute atomic E-state index is 13.9. The Morgan fingerprint density at radius 1 is 1.04 bits per heavy atom. The molecule has 3 aromatic rings. The van der Waals surface area contributed by atoms with Crippen LogP contribution in [0.1, 0.15) is 11.3 Å². The van der Waals surface area contributed by atoms with Crippen molar-refractivity contribution in [3.63, 3.8) is 0 Å². The Morgan fingerprint density at radius 3 is 2.63 bits per heavy atom. The second kappa shape index (κ2) is 6.57. The lowest BCUT2D eigenvalue weighted by atomic mass is 10.1. The Hall–Kier alpha value is -3.67. The molecule has 0 bridgehead atoms. The van der Waals surface area contributed by atoms with Crippen LogP contribution in [-0.2, 0) is 9.59 Å². The molecular formula is C21H15FN2O3. The second-order valence-electron chi connectivity index (χ2n) is 6.16. The van der Waals surface area contributed by atoms with Gasteiger partial charge in [-0.25, -0.2) is 9.40 Å². The van der Waals surface area contributed by atoms with Gasteiger partial charge in [0, 0.05) is 0 Å². The number of hydrogen-bond donors (Lipinski definition) is 1. The van der Waals surface area contributed by atoms with E-state index in [1.807, 2.05) is 13.0 Å². The SMILES string of the molecule is Cc1cccc(N2NC(=O)C(=Cc3ccc(-c4ccccc4F)o3)C2=O)c1. The van der Waals surface area contributed by atoms with Crippen LogP contribution >= 0.6 is 0 Å². The number of furan rings is 1. The van der Waals surface area contributed by atoms with Crippen LogP contribution in [0.25, 0.3) is 17.4 Å². The number of benzene rings is 2. The zero-order valence-electron chi connectivity index (χ0n) is 14.4. The maximum atomic E-state index is 13.9. The molecule has 5 nitrogen and oxygen atoms in total. The summed E-state index contributed by atoms with van der Waals surface area (Å²) in [4.78, 5) is 24.9. The summed E-state index contributed by atoms with van der Waals surface area (Å²) in [5.74, 6) is -0.801. The van der Waals surface area contributed by atoms with Gasteiger partial charge in [-0.3, -0.25) is 15.0 Å². The number of carbonyl (C=O) groups excluding carboxylic acids is 2. The number of amides is 2. The van der Waals surface area contributed by atoms with E-state index in [1.165, 1.54) is 17.2 Å². The molecule has 1 saturated heterocycles. The predicted octanol–water partition coefficient (Wildman–Crippen LogP) is 3.86. The average Bonchev–Trinajstić information content (AvgIpc) is 3.22. The molecule has 1 aliphatic heterocycles. The highest BCUT2D eigenvalue weighted by Crippen LogP contribution is 2.27. The highest BCUT2D eigenvalue weighted by molar-refractivity contribution is 6.31. The van der Waals surface area contributed by atoms with Crippen molar-refractivity contribution in [3.8, 4) is 11.3 Å². The molecule has 0 atom stereocenters. The van der Waals surface area contributed by atoms with Gasteiger partial charge in [0.05, 0.1) is 11.3 Å². The van der Waals surface area contributed by atoms with Crippen molar-refractivity contribution in [1.29, 1.82) is 0 Å². The molecular weight excluding hydrogens is 347 g/mol. The van der Waals surface area contributed by atoms with E-state index in [1.54, 1.807) is 48.5 Å². The molecule has 6 heteroatoms. The number of rotatable bonds is 3. The Bertz CT molecular complexity index is 1080. The fourth-order valence-electron chi connectivity index (χ4n) is 2.88. The van der Waals surface area contributed by atoms with Gasteiger partial charge in [0.25, 0.3) is 11.8 Å². The first kappa shape index (κ1) is 16.8. The van der Waals surface area contributed by atoms with Crippen LogP contribution in [0.2, 0.25) is 0 Å². The number of aryl methyl sites for hydroxylation is 1. The molecule has 0 aliphatic carbocycles. The first-order chi connectivity index (χ1) is 13.0. The van der Waals surface area contributed by atoms with E-state index in [4.69, 9.17) is 4.42 Å². The van der Waals surface area contributed by atoms with Crippen LogP contribution in [0.4, 0.5) is 10.1 Å². The predicted molar refractivity (Wildman–Crippen MR) is 98.9 cm³/mol. The van der Waals surface area contributed by atoms with Crippen molar-refractivity contribution in [3.05, 3.63) is 83.4 Å². The number of anilines is 1. The summed E-state index contributed by atoms with van der Waals surface area (Å²) in [7, 11) is 0. The van der Waals surface area contributed by atoms with E-state index in [-0.39, 0.29) is 11.3 Å². The minimum absolute atomic E-state index is 0.0501. The molecule has 2 amide bonds. The standard InChI is InChI=1S/C21H15FN2O3/c1-13-5-4-6-14(11-13)24-21(26)17(20(25)23-24)12-15-9-10-19(27-15)16-7-2-3-8-18(16)22/h2-12H,1H3,(H,23,25). The molecule has 0 unspecified atom stereocenters. The van der Waals surface area contributed by atoms with Crippen molar-refractivity contribution in [2.45, 2.75) is 6.92 Å². The molecule has 134 valence electrons. The van der Waals surface area contributed by atoms with E-state index in [2.05, 4.69) is 5.43 Å². The molecule has 1 aromatic heterocycles. The quantitative estimate of drug-likeness (QED) is 0.569. The zero-order chi connectivity index (χ0) is 19.0. The molecule has 1 aliphatic rings. The largest absolute Gasteiger partial charge is 0.457 e. The minimum Gasteiger partial charge on any atom is -0.457 e. The molecule has 0 saturated carbocycles. The number of hydrazine groups is 1. The van der Waals surface area contributed by atoms with Gasteiger partial charge in [-0.2, -0.15) is 0 Å². The minimum atomic E-state index is -0.523. The fraction of sp³-hybridized carbons (Fsp3) is 0.0476. The van der Waals surface area contributed by atoms with Crippen LogP contribution in [-0.4, -0.2) is 11.8 Å². The maximum Gasteiger partial charge on any atom is 0.282 e. The van der Waals surface area contributed by atoms with Crippen molar-refractivity contribution < 1.29 is 18.4 Å². The van der Waals surface area contributed by atoms with E-state index in [9.17, 15) is 14.0 Å². The molecule has 1 fully saturated rings. The molecule has 2 aromatic carbocycles. The highest BCUT2D eigenvalue weighted by atomic mass is 19.1. The van der Waals surface area contributed by atoms with Crippen LogP contribution in [0.15, 0.2) is 70.7 Å². The first-order valence-corrected chi connectivity index (χ1v) is 8.31. The lowest BCUT2D eigenvalue weighted by Crippen LogP contribution is -2.35. The molecule has 4 rings (SSSR count). The number of nitrogens with zero attached hydrogens (tertiary/aromatic N) is 1. The van der Waals surface area contributed by atoms with Gasteiger partial charge in [0.15, 0.2) is 0 Å². The van der Waals surface area contributed by atoms with E-state index < -0.39 is 17.6 Å². The van der Waals surface area contributed by atoms with E-state index >= 15 is 0 Å². The van der Waals surface area contributed by atoms with Gasteiger partial charge in [-0.05, 0) is 55.0 Å². The number of hydrogen-bond acceptors (Lipinski definition) is 3. The van der Waals surface area contributed by atoms with Crippen LogP contribution in [0.3, 0.4) is 0 Å². The summed E-state index contributed by atoms with van der Waals surface area (Å²) < 4.78 is 19.5. The summed E-state index contributed by atoms with van der Waals surface area (Å²) in [6, 6.07) is 16.6. The van der Waals surface area contributed by atoms with Gasteiger partial charge in [0.2, 0.25) is 0 Å². The monoisotopic (exact) mass is 362 g/mol. The summed E-state index contributed by atoms with van der Waals surface area (Å²) in [6.07, 6.45) is 1.36. The summed E-state index contributed by atoms with van der Waals surface area (Å²) in [5.41, 5.74) is 4.34. The number of nitrogens with one attached hydrogen (secondary N) is 1. The van der Waals surface area contributed by atoms with E-state index in [0.29, 0.717) is 17.0 Å². The first-order valence-electron chi connectivity index (χ1n) is 8.31. The van der Waals surface area contributed by atoms with Crippen molar-refractivity contribution in [2.75, 3.05) is 5.01 Å². The Balaban J connectivity index is 1.64. The third kappa shape index (κ3) is 3.13. The topological polar surface area (TPSA) is 62.6 Å². The normalized spacial score (nSPS) is 15.5. The Kier molecular flexibility index (Phi) is 4.08. The molecule has 1 N–H and O–H groups in total. The lowest BCUT2D eigenvalue weighted by Gasteiger charge is -2.14. The van der Waals surface area contributed by atoms with Gasteiger partial charge in [0.1, 0.15) is 22.9 Å². The fourth-order valence-corrected chi connectivity index (χ4v) is 2.88. The third-order valence-electron chi connectivity index (χ3n) is 4.20. The second-order valence-corrected chi connectivity index (χ2v) is 6.16. The van der Waals surface area contributed by atoms with E-state index in [0.717, 1.165) is 5.56 Å². The van der Waals surface area contributed by atoms with Crippen LogP contribution in [0.5, 0.6) is 0 Å². The highest BCUT2D eigenvalue weighted by Gasteiger charge is 2.34. The van der Waals surface area contributed by atoms with Gasteiger partial charge in [-0.15, -0.1) is 0 Å². The summed E-state index contributed by atoms with van der Waals surface area (Å²) in [5, 5.41) is 1.20. The van der Waals surface area contributed by atoms with Gasteiger partial charge < -0.3 is 4.42 Å². The molecule has 2 heterocycles. The summed E-state index contributed by atoms with van der Waals surface area (Å²) in [6.45, 7) is 1.90. The summed E-state index contributed by atoms with van der Waals surface area (Å²) >= 11 is 0. The van der Waals surface area contributed by atoms with Gasteiger partial charge >= 0.3 is 0 Å². The Morgan fingerprint density at radius 2 is 1.85 bits per heavy atom. The molecule has 0 radical (unpaired) electrons. The molecule has 0 spiro atoms. The number of carbonyl (C=O) groups is 2. The Labute approximate surface area is 154 Å². The third-order valence-corrected chi connectivity index (χ3v) is 4.20. The lowest BCUT2D eigenvalue weighted by molar-refractivity contribution is -0.117. The average molecular weight is 362 g/mol. The number of halogens is 1. The van der Waals surface area contributed by atoms with Crippen molar-refractivity contribution >= 4 is 23.6 Å². The smallest absolute Gasteiger partial charge is 0.282 e. The van der Waals surface area contributed by atoms with Crippen molar-refractivity contribution in [1.82, 2.24) is 5.43 Å². The van der Waals surface area contributed by atoms with Crippen molar-refractivity contribution in [2.24, 2.45) is 0 Å². The van der Waals surface area contributed by atoms with Gasteiger partial charge in [-0.1, -0.05) is 24.3 Å². The van der Waals surface area contributed by atoms with Crippen LogP contribution < -0.4 is 10.4 Å². The molecule has 27 heavy (non-hydrogen) atoms. The van der Waals surface area contributed by atoms with Crippen LogP contribution in [0, 0.1) is 12.7 Å².